The van der Waals surface area contributed by atoms with Gasteiger partial charge in [-0.25, -0.2) is 4.79 Å². The second-order valence-electron chi connectivity index (χ2n) is 6.57. The molecule has 1 aromatic rings. The van der Waals surface area contributed by atoms with E-state index in [4.69, 9.17) is 0 Å². The molecular formula is C18H25N3O3S. The van der Waals surface area contributed by atoms with Gasteiger partial charge in [0.2, 0.25) is 5.91 Å². The molecule has 1 saturated heterocycles. The van der Waals surface area contributed by atoms with E-state index < -0.39 is 12.1 Å². The summed E-state index contributed by atoms with van der Waals surface area (Å²) in [7, 11) is 0. The lowest BCUT2D eigenvalue weighted by Crippen LogP contribution is -2.41. The average molecular weight is 363 g/mol. The van der Waals surface area contributed by atoms with Crippen molar-refractivity contribution in [3.05, 3.63) is 29.8 Å². The Labute approximate surface area is 152 Å². The van der Waals surface area contributed by atoms with Crippen LogP contribution in [0, 0.1) is 12.8 Å². The highest BCUT2D eigenvalue weighted by Crippen LogP contribution is 2.17. The largest absolute Gasteiger partial charge is 0.354 e. The minimum absolute atomic E-state index is 0.228. The second-order valence-corrected chi connectivity index (χ2v) is 7.74. The number of thioether (sulfide) groups is 1. The van der Waals surface area contributed by atoms with E-state index in [9.17, 15) is 14.4 Å². The summed E-state index contributed by atoms with van der Waals surface area (Å²) in [6, 6.07) is 7.18. The highest BCUT2D eigenvalue weighted by Gasteiger charge is 2.38. The lowest BCUT2D eigenvalue weighted by atomic mass is 10.0. The van der Waals surface area contributed by atoms with Crippen molar-refractivity contribution in [3.63, 3.8) is 0 Å². The van der Waals surface area contributed by atoms with Gasteiger partial charge in [-0.05, 0) is 31.4 Å². The number of urea groups is 1. The molecule has 1 aliphatic rings. The summed E-state index contributed by atoms with van der Waals surface area (Å²) >= 11 is 1.65. The van der Waals surface area contributed by atoms with Crippen molar-refractivity contribution in [2.45, 2.75) is 38.1 Å². The molecule has 1 fully saturated rings. The molecule has 1 aliphatic heterocycles. The zero-order chi connectivity index (χ0) is 18.4. The molecule has 1 aromatic carbocycles. The normalized spacial score (nSPS) is 17.1. The number of hydrogen-bond acceptors (Lipinski definition) is 4. The highest BCUT2D eigenvalue weighted by atomic mass is 32.2. The molecule has 1 atom stereocenters. The van der Waals surface area contributed by atoms with Crippen LogP contribution in [0.15, 0.2) is 29.2 Å². The average Bonchev–Trinajstić information content (AvgIpc) is 2.80. The maximum atomic E-state index is 12.2. The summed E-state index contributed by atoms with van der Waals surface area (Å²) in [5.41, 5.74) is 1.21. The van der Waals surface area contributed by atoms with Gasteiger partial charge in [-0.2, -0.15) is 0 Å². The fourth-order valence-electron chi connectivity index (χ4n) is 2.55. The lowest BCUT2D eigenvalue weighted by molar-refractivity contribution is -0.132. The van der Waals surface area contributed by atoms with E-state index in [1.807, 2.05) is 45.0 Å². The molecule has 0 radical (unpaired) electrons. The van der Waals surface area contributed by atoms with Crippen LogP contribution >= 0.6 is 11.8 Å². The molecule has 136 valence electrons. The van der Waals surface area contributed by atoms with Crippen molar-refractivity contribution in [1.82, 2.24) is 15.5 Å². The number of rotatable bonds is 8. The molecule has 0 saturated carbocycles. The summed E-state index contributed by atoms with van der Waals surface area (Å²) in [5.74, 6) is 0.383. The Morgan fingerprint density at radius 1 is 1.28 bits per heavy atom. The Kier molecular flexibility index (Phi) is 6.87. The first-order chi connectivity index (χ1) is 11.9. The van der Waals surface area contributed by atoms with E-state index >= 15 is 0 Å². The van der Waals surface area contributed by atoms with Gasteiger partial charge in [0, 0.05) is 17.2 Å². The molecule has 0 aliphatic carbocycles. The Morgan fingerprint density at radius 2 is 1.96 bits per heavy atom. The van der Waals surface area contributed by atoms with Gasteiger partial charge in [-0.15, -0.1) is 11.8 Å². The van der Waals surface area contributed by atoms with Crippen LogP contribution in [-0.4, -0.2) is 47.6 Å². The third kappa shape index (κ3) is 5.77. The van der Waals surface area contributed by atoms with Crippen LogP contribution in [0.3, 0.4) is 0 Å². The molecule has 2 N–H and O–H groups in total. The van der Waals surface area contributed by atoms with Crippen LogP contribution < -0.4 is 10.6 Å². The van der Waals surface area contributed by atoms with Crippen LogP contribution in [0.25, 0.3) is 0 Å². The van der Waals surface area contributed by atoms with E-state index in [2.05, 4.69) is 10.6 Å². The maximum absolute atomic E-state index is 12.2. The van der Waals surface area contributed by atoms with Crippen LogP contribution in [0.5, 0.6) is 0 Å². The fraction of sp³-hybridized carbons (Fsp3) is 0.500. The number of imide groups is 1. The molecule has 25 heavy (non-hydrogen) atoms. The van der Waals surface area contributed by atoms with Crippen LogP contribution in [0.4, 0.5) is 4.79 Å². The first-order valence-corrected chi connectivity index (χ1v) is 9.43. The van der Waals surface area contributed by atoms with Crippen LogP contribution in [0.2, 0.25) is 0 Å². The number of aryl methyl sites for hydroxylation is 1. The van der Waals surface area contributed by atoms with Gasteiger partial charge in [0.05, 0.1) is 0 Å². The fourth-order valence-corrected chi connectivity index (χ4v) is 3.32. The Hall–Kier alpha value is -2.02. The minimum Gasteiger partial charge on any atom is -0.354 e. The smallest absolute Gasteiger partial charge is 0.325 e. The molecule has 0 unspecified atom stereocenters. The Balaban J connectivity index is 1.72. The van der Waals surface area contributed by atoms with Gasteiger partial charge in [0.1, 0.15) is 12.6 Å². The van der Waals surface area contributed by atoms with Crippen molar-refractivity contribution in [1.29, 1.82) is 0 Å². The quantitative estimate of drug-likeness (QED) is 0.421. The van der Waals surface area contributed by atoms with E-state index in [1.165, 1.54) is 5.56 Å². The number of amides is 4. The number of carbonyl (C=O) groups is 3. The molecular weight excluding hydrogens is 338 g/mol. The summed E-state index contributed by atoms with van der Waals surface area (Å²) in [6.07, 6.45) is 0.579. The van der Waals surface area contributed by atoms with E-state index in [-0.39, 0.29) is 18.4 Å². The van der Waals surface area contributed by atoms with Gasteiger partial charge >= 0.3 is 6.03 Å². The van der Waals surface area contributed by atoms with Crippen LogP contribution in [0.1, 0.15) is 25.8 Å². The highest BCUT2D eigenvalue weighted by molar-refractivity contribution is 7.99. The van der Waals surface area contributed by atoms with Crippen LogP contribution in [-0.2, 0) is 9.59 Å². The molecule has 2 rings (SSSR count). The van der Waals surface area contributed by atoms with Gasteiger partial charge in [0.15, 0.2) is 0 Å². The third-order valence-electron chi connectivity index (χ3n) is 3.83. The first kappa shape index (κ1) is 19.3. The summed E-state index contributed by atoms with van der Waals surface area (Å²) < 4.78 is 0. The molecule has 4 amide bonds. The predicted octanol–water partition coefficient (Wildman–Crippen LogP) is 2.17. The molecule has 0 spiro atoms. The van der Waals surface area contributed by atoms with Crippen molar-refractivity contribution in [3.8, 4) is 0 Å². The maximum Gasteiger partial charge on any atom is 0.325 e. The molecule has 7 heteroatoms. The Morgan fingerprint density at radius 3 is 2.60 bits per heavy atom. The van der Waals surface area contributed by atoms with Gasteiger partial charge < -0.3 is 10.6 Å². The number of nitrogens with zero attached hydrogens (tertiary/aromatic N) is 1. The third-order valence-corrected chi connectivity index (χ3v) is 4.84. The number of carbonyl (C=O) groups excluding carboxylic acids is 3. The topological polar surface area (TPSA) is 78.5 Å². The minimum atomic E-state index is -0.516. The zero-order valence-corrected chi connectivity index (χ0v) is 15.7. The van der Waals surface area contributed by atoms with Gasteiger partial charge in [0.25, 0.3) is 5.91 Å². The molecule has 1 heterocycles. The first-order valence-electron chi connectivity index (χ1n) is 8.45. The predicted molar refractivity (Wildman–Crippen MR) is 98.4 cm³/mol. The van der Waals surface area contributed by atoms with Crippen molar-refractivity contribution in [2.75, 3.05) is 18.8 Å². The summed E-state index contributed by atoms with van der Waals surface area (Å²) in [6.45, 7) is 6.27. The summed E-state index contributed by atoms with van der Waals surface area (Å²) in [5, 5.41) is 5.39. The number of nitrogens with one attached hydrogen (secondary N) is 2. The zero-order valence-electron chi connectivity index (χ0n) is 14.9. The second kappa shape index (κ2) is 8.89. The lowest BCUT2D eigenvalue weighted by Gasteiger charge is -2.13. The van der Waals surface area contributed by atoms with Crippen molar-refractivity contribution < 1.29 is 14.4 Å². The van der Waals surface area contributed by atoms with E-state index in [0.717, 1.165) is 15.5 Å². The summed E-state index contributed by atoms with van der Waals surface area (Å²) in [4.78, 5) is 38.2. The van der Waals surface area contributed by atoms with Gasteiger partial charge in [-0.3, -0.25) is 14.5 Å². The van der Waals surface area contributed by atoms with Crippen molar-refractivity contribution in [2.24, 2.45) is 5.92 Å². The molecule has 0 aromatic heterocycles. The Bertz CT molecular complexity index is 631. The molecule has 0 bridgehead atoms. The monoisotopic (exact) mass is 363 g/mol. The standard InChI is InChI=1S/C18H25N3O3S/c1-12(2)10-15-17(23)21(18(24)20-15)11-16(22)19-8-9-25-14-6-4-13(3)5-7-14/h4-7,12,15H,8-11H2,1-3H3,(H,19,22)(H,20,24)/t15-/m0/s1. The van der Waals surface area contributed by atoms with Crippen molar-refractivity contribution >= 4 is 29.6 Å². The van der Waals surface area contributed by atoms with Gasteiger partial charge in [-0.1, -0.05) is 31.5 Å². The number of benzene rings is 1. The SMILES string of the molecule is Cc1ccc(SCCNC(=O)CN2C(=O)N[C@@H](CC(C)C)C2=O)cc1. The number of hydrogen-bond donors (Lipinski definition) is 2. The van der Waals surface area contributed by atoms with E-state index in [0.29, 0.717) is 18.9 Å². The van der Waals surface area contributed by atoms with E-state index in [1.54, 1.807) is 11.8 Å². The molecule has 6 nitrogen and oxygen atoms in total.